The van der Waals surface area contributed by atoms with Gasteiger partial charge in [-0.25, -0.2) is 9.78 Å². The van der Waals surface area contributed by atoms with E-state index >= 15 is 0 Å². The Bertz CT molecular complexity index is 1260. The van der Waals surface area contributed by atoms with Gasteiger partial charge in [-0.3, -0.25) is 4.79 Å². The zero-order chi connectivity index (χ0) is 28.3. The van der Waals surface area contributed by atoms with E-state index in [4.69, 9.17) is 19.9 Å². The van der Waals surface area contributed by atoms with E-state index in [2.05, 4.69) is 9.72 Å². The average Bonchev–Trinajstić information content (AvgIpc) is 3.67. The average molecular weight is 619 g/mol. The van der Waals surface area contributed by atoms with Crippen molar-refractivity contribution in [3.63, 3.8) is 0 Å². The minimum Gasteiger partial charge on any atom is -0.489 e. The smallest absolute Gasteiger partial charge is 0.387 e. The second kappa shape index (κ2) is 14.5. The Morgan fingerprint density at radius 3 is 2.51 bits per heavy atom. The van der Waals surface area contributed by atoms with Crippen molar-refractivity contribution in [2.75, 3.05) is 27.2 Å². The van der Waals surface area contributed by atoms with Crippen molar-refractivity contribution in [3.8, 4) is 17.4 Å². The fourth-order valence-electron chi connectivity index (χ4n) is 3.96. The summed E-state index contributed by atoms with van der Waals surface area (Å²) in [5.41, 5.74) is 6.84. The summed E-state index contributed by atoms with van der Waals surface area (Å²) in [6.45, 7) is 1.34. The number of amides is 1. The van der Waals surface area contributed by atoms with Crippen molar-refractivity contribution in [1.29, 1.82) is 0 Å². The van der Waals surface area contributed by atoms with Crippen molar-refractivity contribution in [2.45, 2.75) is 45.6 Å². The maximum atomic E-state index is 13.3. The van der Waals surface area contributed by atoms with Gasteiger partial charge in [-0.2, -0.15) is 8.78 Å². The molecule has 0 spiro atoms. The quantitative estimate of drug-likeness (QED) is 0.362. The molecule has 0 unspecified atom stereocenters. The van der Waals surface area contributed by atoms with Crippen molar-refractivity contribution in [2.24, 2.45) is 11.7 Å². The number of carbonyl (C=O) groups excluding carboxylic acids is 2. The first-order valence-corrected chi connectivity index (χ1v) is 12.6. The third kappa shape index (κ3) is 8.11. The van der Waals surface area contributed by atoms with E-state index in [1.165, 1.54) is 28.0 Å². The number of hydrogen-bond acceptors (Lipinski definition) is 9. The Hall–Kier alpha value is -3.35. The van der Waals surface area contributed by atoms with E-state index in [0.29, 0.717) is 24.6 Å². The summed E-state index contributed by atoms with van der Waals surface area (Å²) < 4.78 is 47.9. The number of halogens is 4. The summed E-state index contributed by atoms with van der Waals surface area (Å²) in [6, 6.07) is 8.37. The van der Waals surface area contributed by atoms with Crippen LogP contribution in [0.1, 0.15) is 49.0 Å². The Balaban J connectivity index is 0.00000294. The summed E-state index contributed by atoms with van der Waals surface area (Å²) in [6.07, 6.45) is 1.22. The summed E-state index contributed by atoms with van der Waals surface area (Å²) >= 11 is 0. The topological polar surface area (TPSA) is 116 Å². The Morgan fingerprint density at radius 2 is 1.90 bits per heavy atom. The number of alkyl halides is 2. The van der Waals surface area contributed by atoms with Gasteiger partial charge >= 0.3 is 12.6 Å². The predicted octanol–water partition coefficient (Wildman–Crippen LogP) is 4.53. The van der Waals surface area contributed by atoms with E-state index in [1.54, 1.807) is 39.2 Å². The standard InChI is InChI=1S/C27H32F2N4O6.2ClH/c1-5-32(3)24(34)18-7-6-8-21(31-18)38-26(35)22-23(15(2)30)39-25(33(22)4)17-11-12-19(37-27(28)29)20(13-17)36-14-16-9-10-16;;/h6-8,11-13,15-16,25,27H,5,9-10,14,30H2,1-4H3;2*1H/t15-,25-;;/m0../s1. The molecule has 0 saturated heterocycles. The molecule has 226 valence electrons. The van der Waals surface area contributed by atoms with Crippen LogP contribution < -0.4 is 19.9 Å². The highest BCUT2D eigenvalue weighted by Gasteiger charge is 2.39. The zero-order valence-corrected chi connectivity index (χ0v) is 24.7. The Labute approximate surface area is 249 Å². The molecule has 1 aromatic carbocycles. The SMILES string of the molecule is CCN(C)C(=O)c1cccc(OC(=O)C2=C([C@H](C)N)O[C@@H](c3ccc(OC(F)F)c(OCC4CC4)c3)N2C)n1.Cl.Cl. The largest absolute Gasteiger partial charge is 0.489 e. The number of pyridine rings is 1. The summed E-state index contributed by atoms with van der Waals surface area (Å²) in [5.74, 6) is -0.535. The molecule has 1 amide bonds. The van der Waals surface area contributed by atoms with Gasteiger partial charge in [-0.1, -0.05) is 6.07 Å². The zero-order valence-electron chi connectivity index (χ0n) is 23.0. The number of carbonyl (C=O) groups is 2. The molecule has 1 aromatic heterocycles. The molecule has 2 heterocycles. The number of benzene rings is 1. The number of aromatic nitrogens is 1. The lowest BCUT2D eigenvalue weighted by Gasteiger charge is -2.24. The Morgan fingerprint density at radius 1 is 1.20 bits per heavy atom. The van der Waals surface area contributed by atoms with Crippen LogP contribution in [0.4, 0.5) is 8.78 Å². The molecule has 2 aromatic rings. The molecule has 2 aliphatic rings. The van der Waals surface area contributed by atoms with E-state index in [-0.39, 0.29) is 65.3 Å². The molecule has 14 heteroatoms. The highest BCUT2D eigenvalue weighted by atomic mass is 35.5. The van der Waals surface area contributed by atoms with Crippen LogP contribution in [-0.4, -0.2) is 66.6 Å². The number of esters is 1. The van der Waals surface area contributed by atoms with Crippen LogP contribution in [0.5, 0.6) is 17.4 Å². The first-order valence-electron chi connectivity index (χ1n) is 12.6. The minimum absolute atomic E-state index is 0. The van der Waals surface area contributed by atoms with Gasteiger partial charge in [0.15, 0.2) is 23.4 Å². The first-order chi connectivity index (χ1) is 18.6. The summed E-state index contributed by atoms with van der Waals surface area (Å²) in [4.78, 5) is 33.0. The molecule has 0 bridgehead atoms. The third-order valence-electron chi connectivity index (χ3n) is 6.38. The van der Waals surface area contributed by atoms with Crippen molar-refractivity contribution in [1.82, 2.24) is 14.8 Å². The van der Waals surface area contributed by atoms with Crippen molar-refractivity contribution < 1.29 is 37.3 Å². The highest BCUT2D eigenvalue weighted by molar-refractivity contribution is 5.93. The van der Waals surface area contributed by atoms with Gasteiger partial charge in [0, 0.05) is 32.3 Å². The van der Waals surface area contributed by atoms with Crippen molar-refractivity contribution >= 4 is 36.7 Å². The van der Waals surface area contributed by atoms with Crippen LogP contribution in [0.3, 0.4) is 0 Å². The molecule has 2 N–H and O–H groups in total. The van der Waals surface area contributed by atoms with Gasteiger partial charge in [-0.05, 0) is 56.9 Å². The van der Waals surface area contributed by atoms with E-state index < -0.39 is 24.9 Å². The van der Waals surface area contributed by atoms with Crippen LogP contribution in [0.2, 0.25) is 0 Å². The third-order valence-corrected chi connectivity index (χ3v) is 6.38. The molecular weight excluding hydrogens is 585 g/mol. The summed E-state index contributed by atoms with van der Waals surface area (Å²) in [5, 5.41) is 0. The normalized spacial score (nSPS) is 16.8. The molecule has 0 radical (unpaired) electrons. The van der Waals surface area contributed by atoms with Crippen LogP contribution in [0.25, 0.3) is 0 Å². The van der Waals surface area contributed by atoms with E-state index in [9.17, 15) is 18.4 Å². The maximum Gasteiger partial charge on any atom is 0.387 e. The van der Waals surface area contributed by atoms with Gasteiger partial charge in [0.2, 0.25) is 5.88 Å². The second-order valence-electron chi connectivity index (χ2n) is 9.49. The molecule has 41 heavy (non-hydrogen) atoms. The van der Waals surface area contributed by atoms with Crippen LogP contribution >= 0.6 is 24.8 Å². The van der Waals surface area contributed by atoms with Gasteiger partial charge < -0.3 is 34.5 Å². The van der Waals surface area contributed by atoms with Crippen LogP contribution in [-0.2, 0) is 9.53 Å². The molecule has 1 aliphatic carbocycles. The predicted molar refractivity (Wildman–Crippen MR) is 151 cm³/mol. The fourth-order valence-corrected chi connectivity index (χ4v) is 3.96. The summed E-state index contributed by atoms with van der Waals surface area (Å²) in [7, 11) is 3.26. The lowest BCUT2D eigenvalue weighted by Crippen LogP contribution is -2.29. The van der Waals surface area contributed by atoms with Gasteiger partial charge in [0.25, 0.3) is 5.91 Å². The van der Waals surface area contributed by atoms with Crippen molar-refractivity contribution in [3.05, 3.63) is 59.1 Å². The number of rotatable bonds is 11. The number of ether oxygens (including phenoxy) is 4. The molecule has 1 aliphatic heterocycles. The highest BCUT2D eigenvalue weighted by Crippen LogP contribution is 2.41. The molecule has 1 saturated carbocycles. The number of likely N-dealkylation sites (N-methyl/N-ethyl adjacent to an activating group) is 1. The fraction of sp³-hybridized carbons (Fsp3) is 0.444. The lowest BCUT2D eigenvalue weighted by molar-refractivity contribution is -0.132. The number of nitrogens with two attached hydrogens (primary N) is 1. The van der Waals surface area contributed by atoms with E-state index in [1.807, 2.05) is 6.92 Å². The van der Waals surface area contributed by atoms with E-state index in [0.717, 1.165) is 12.8 Å². The molecule has 2 atom stereocenters. The minimum atomic E-state index is -3.01. The molecule has 10 nitrogen and oxygen atoms in total. The monoisotopic (exact) mass is 618 g/mol. The Kier molecular flexibility index (Phi) is 12.0. The number of hydrogen-bond donors (Lipinski definition) is 1. The van der Waals surface area contributed by atoms with Gasteiger partial charge in [0.1, 0.15) is 11.5 Å². The molecule has 1 fully saturated rings. The van der Waals surface area contributed by atoms with Gasteiger partial charge in [-0.15, -0.1) is 24.8 Å². The van der Waals surface area contributed by atoms with Crippen LogP contribution in [0, 0.1) is 5.92 Å². The first kappa shape index (κ1) is 33.9. The lowest BCUT2D eigenvalue weighted by atomic mass is 10.1. The molecular formula is C27H34Cl2F2N4O6. The molecule has 4 rings (SSSR count). The van der Waals surface area contributed by atoms with Crippen LogP contribution in [0.15, 0.2) is 47.9 Å². The second-order valence-corrected chi connectivity index (χ2v) is 9.49. The van der Waals surface area contributed by atoms with Gasteiger partial charge in [0.05, 0.1) is 12.6 Å². The maximum absolute atomic E-state index is 13.3. The number of nitrogens with zero attached hydrogens (tertiary/aromatic N) is 3.